The van der Waals surface area contributed by atoms with Crippen molar-refractivity contribution in [3.05, 3.63) is 89.4 Å². The zero-order chi connectivity index (χ0) is 27.4. The Bertz CT molecular complexity index is 1420. The third-order valence-electron chi connectivity index (χ3n) is 7.14. The third kappa shape index (κ3) is 6.11. The fourth-order valence-corrected chi connectivity index (χ4v) is 6.58. The Labute approximate surface area is 233 Å². The van der Waals surface area contributed by atoms with Crippen LogP contribution in [0.2, 0.25) is 5.02 Å². The first kappa shape index (κ1) is 27.2. The maximum atomic E-state index is 13.7. The van der Waals surface area contributed by atoms with E-state index in [2.05, 4.69) is 5.32 Å². The number of hydrogen-bond acceptors (Lipinski definition) is 5. The number of amides is 2. The molecule has 39 heavy (non-hydrogen) atoms. The van der Waals surface area contributed by atoms with E-state index >= 15 is 0 Å². The number of halogens is 1. The summed E-state index contributed by atoms with van der Waals surface area (Å²) in [6.45, 7) is 1.02. The molecular weight excluding hydrogens is 538 g/mol. The van der Waals surface area contributed by atoms with E-state index in [4.69, 9.17) is 16.3 Å². The van der Waals surface area contributed by atoms with Crippen molar-refractivity contribution >= 4 is 39.1 Å². The molecule has 5 rings (SSSR count). The van der Waals surface area contributed by atoms with Crippen molar-refractivity contribution < 1.29 is 22.7 Å². The van der Waals surface area contributed by atoms with E-state index < -0.39 is 16.1 Å². The van der Waals surface area contributed by atoms with Crippen LogP contribution in [0, 0.1) is 5.92 Å². The van der Waals surface area contributed by atoms with Crippen molar-refractivity contribution in [1.82, 2.24) is 9.62 Å². The summed E-state index contributed by atoms with van der Waals surface area (Å²) in [6.07, 6.45) is 0.624. The standard InChI is InChI=1S/C29H30ClN3O5S/c30-23-10-12-24(13-11-23)39(36,37)32-18-15-22(16-19-32)29(35)33-20-27(38-26-9-5-4-8-25(26)33)28(34)31-17-14-21-6-2-1-3-7-21/h1-13,22,27H,14-20H2,(H,31,34)/t27-/m0/s1. The zero-order valence-electron chi connectivity index (χ0n) is 21.3. The first-order valence-electron chi connectivity index (χ1n) is 13.0. The third-order valence-corrected chi connectivity index (χ3v) is 9.31. The second-order valence-electron chi connectivity index (χ2n) is 9.68. The maximum absolute atomic E-state index is 13.7. The van der Waals surface area contributed by atoms with Crippen LogP contribution in [0.1, 0.15) is 18.4 Å². The molecule has 0 bridgehead atoms. The van der Waals surface area contributed by atoms with E-state index in [9.17, 15) is 18.0 Å². The Balaban J connectivity index is 1.23. The number of nitrogens with one attached hydrogen (secondary N) is 1. The molecule has 3 aromatic carbocycles. The van der Waals surface area contributed by atoms with Crippen molar-refractivity contribution in [2.45, 2.75) is 30.3 Å². The number of hydrogen-bond donors (Lipinski definition) is 1. The molecular formula is C29H30ClN3O5S. The molecule has 0 saturated carbocycles. The Kier molecular flexibility index (Phi) is 8.20. The van der Waals surface area contributed by atoms with E-state index in [0.717, 1.165) is 5.56 Å². The normalized spacial score (nSPS) is 18.2. The average molecular weight is 568 g/mol. The van der Waals surface area contributed by atoms with Crippen molar-refractivity contribution in [3.63, 3.8) is 0 Å². The summed E-state index contributed by atoms with van der Waals surface area (Å²) < 4.78 is 33.5. The number of para-hydroxylation sites is 2. The molecule has 1 saturated heterocycles. The zero-order valence-corrected chi connectivity index (χ0v) is 22.9. The molecule has 2 amide bonds. The molecule has 2 heterocycles. The molecule has 0 radical (unpaired) electrons. The lowest BCUT2D eigenvalue weighted by Crippen LogP contribution is -2.53. The lowest BCUT2D eigenvalue weighted by molar-refractivity contribution is -0.129. The van der Waals surface area contributed by atoms with Gasteiger partial charge in [0.25, 0.3) is 5.91 Å². The number of carbonyl (C=O) groups excluding carboxylic acids is 2. The van der Waals surface area contributed by atoms with Crippen LogP contribution in [0.3, 0.4) is 0 Å². The molecule has 2 aliphatic rings. The van der Waals surface area contributed by atoms with Crippen LogP contribution in [0.4, 0.5) is 5.69 Å². The number of nitrogens with zero attached hydrogens (tertiary/aromatic N) is 2. The Morgan fingerprint density at radius 3 is 2.31 bits per heavy atom. The number of anilines is 1. The van der Waals surface area contributed by atoms with Gasteiger partial charge in [0, 0.05) is 30.6 Å². The molecule has 1 N–H and O–H groups in total. The lowest BCUT2D eigenvalue weighted by atomic mass is 9.95. The molecule has 8 nitrogen and oxygen atoms in total. The summed E-state index contributed by atoms with van der Waals surface area (Å²) >= 11 is 5.91. The maximum Gasteiger partial charge on any atom is 0.262 e. The van der Waals surface area contributed by atoms with Gasteiger partial charge in [-0.15, -0.1) is 0 Å². The number of rotatable bonds is 7. The van der Waals surface area contributed by atoms with Crippen molar-refractivity contribution in [1.29, 1.82) is 0 Å². The van der Waals surface area contributed by atoms with E-state index in [-0.39, 0.29) is 42.3 Å². The Morgan fingerprint density at radius 1 is 0.923 bits per heavy atom. The van der Waals surface area contributed by atoms with E-state index in [1.165, 1.54) is 16.4 Å². The highest BCUT2D eigenvalue weighted by molar-refractivity contribution is 7.89. The fraction of sp³-hybridized carbons (Fsp3) is 0.310. The minimum absolute atomic E-state index is 0.0936. The molecule has 0 unspecified atom stereocenters. The first-order chi connectivity index (χ1) is 18.8. The average Bonchev–Trinajstić information content (AvgIpc) is 2.97. The van der Waals surface area contributed by atoms with Crippen LogP contribution in [-0.4, -0.2) is 56.8 Å². The molecule has 2 aliphatic heterocycles. The summed E-state index contributed by atoms with van der Waals surface area (Å²) in [4.78, 5) is 28.5. The minimum atomic E-state index is -3.67. The number of benzene rings is 3. The van der Waals surface area contributed by atoms with Crippen LogP contribution in [0.15, 0.2) is 83.8 Å². The SMILES string of the molecule is O=C(NCCc1ccccc1)[C@@H]1CN(C(=O)C2CCN(S(=O)(=O)c3ccc(Cl)cc3)CC2)c2ccccc2O1. The lowest BCUT2D eigenvalue weighted by Gasteiger charge is -2.38. The molecule has 1 fully saturated rings. The predicted molar refractivity (Wildman–Crippen MR) is 149 cm³/mol. The van der Waals surface area contributed by atoms with Gasteiger partial charge in [-0.2, -0.15) is 4.31 Å². The fourth-order valence-electron chi connectivity index (χ4n) is 4.99. The number of sulfonamides is 1. The van der Waals surface area contributed by atoms with Gasteiger partial charge in [0.2, 0.25) is 15.9 Å². The molecule has 0 spiro atoms. The van der Waals surface area contributed by atoms with Gasteiger partial charge in [0.15, 0.2) is 6.10 Å². The van der Waals surface area contributed by atoms with Gasteiger partial charge in [-0.1, -0.05) is 54.1 Å². The van der Waals surface area contributed by atoms with Crippen LogP contribution in [-0.2, 0) is 26.0 Å². The highest BCUT2D eigenvalue weighted by Crippen LogP contribution is 2.36. The highest BCUT2D eigenvalue weighted by atomic mass is 35.5. The van der Waals surface area contributed by atoms with Crippen molar-refractivity contribution in [2.75, 3.05) is 31.1 Å². The highest BCUT2D eigenvalue weighted by Gasteiger charge is 2.39. The number of fused-ring (bicyclic) bond motifs is 1. The second kappa shape index (κ2) is 11.8. The van der Waals surface area contributed by atoms with E-state index in [1.807, 2.05) is 36.4 Å². The van der Waals surface area contributed by atoms with Crippen LogP contribution >= 0.6 is 11.6 Å². The summed E-state index contributed by atoms with van der Waals surface area (Å²) in [7, 11) is -3.67. The van der Waals surface area contributed by atoms with Gasteiger partial charge < -0.3 is 15.0 Å². The molecule has 10 heteroatoms. The Hall–Kier alpha value is -3.40. The molecule has 0 aromatic heterocycles. The largest absolute Gasteiger partial charge is 0.477 e. The number of piperidine rings is 1. The Morgan fingerprint density at radius 2 is 1.59 bits per heavy atom. The number of ether oxygens (including phenoxy) is 1. The minimum Gasteiger partial charge on any atom is -0.477 e. The van der Waals surface area contributed by atoms with E-state index in [0.29, 0.717) is 42.3 Å². The summed E-state index contributed by atoms with van der Waals surface area (Å²) in [5.41, 5.74) is 1.74. The summed E-state index contributed by atoms with van der Waals surface area (Å²) in [5.74, 6) is -0.295. The van der Waals surface area contributed by atoms with Gasteiger partial charge in [-0.25, -0.2) is 8.42 Å². The van der Waals surface area contributed by atoms with Crippen LogP contribution in [0.5, 0.6) is 5.75 Å². The second-order valence-corrected chi connectivity index (χ2v) is 12.1. The van der Waals surface area contributed by atoms with Crippen molar-refractivity contribution in [2.24, 2.45) is 5.92 Å². The predicted octanol–water partition coefficient (Wildman–Crippen LogP) is 3.89. The van der Waals surface area contributed by atoms with E-state index in [1.54, 1.807) is 35.2 Å². The molecule has 1 atom stereocenters. The van der Waals surface area contributed by atoms with Gasteiger partial charge in [0.05, 0.1) is 17.1 Å². The molecule has 3 aromatic rings. The quantitative estimate of drug-likeness (QED) is 0.467. The van der Waals surface area contributed by atoms with Crippen LogP contribution < -0.4 is 15.0 Å². The van der Waals surface area contributed by atoms with Gasteiger partial charge >= 0.3 is 0 Å². The molecule has 0 aliphatic carbocycles. The van der Waals surface area contributed by atoms with Gasteiger partial charge in [-0.3, -0.25) is 9.59 Å². The number of carbonyl (C=O) groups is 2. The molecule has 204 valence electrons. The monoisotopic (exact) mass is 567 g/mol. The van der Waals surface area contributed by atoms with Gasteiger partial charge in [0.1, 0.15) is 5.75 Å². The summed E-state index contributed by atoms with van der Waals surface area (Å²) in [5, 5.41) is 3.39. The van der Waals surface area contributed by atoms with Crippen LogP contribution in [0.25, 0.3) is 0 Å². The van der Waals surface area contributed by atoms with Gasteiger partial charge in [-0.05, 0) is 61.2 Å². The smallest absolute Gasteiger partial charge is 0.262 e. The first-order valence-corrected chi connectivity index (χ1v) is 14.8. The van der Waals surface area contributed by atoms with Crippen molar-refractivity contribution in [3.8, 4) is 5.75 Å². The topological polar surface area (TPSA) is 96.0 Å². The summed E-state index contributed by atoms with van der Waals surface area (Å²) in [6, 6.07) is 23.1.